The predicted octanol–water partition coefficient (Wildman–Crippen LogP) is 1.33. The summed E-state index contributed by atoms with van der Waals surface area (Å²) in [5.41, 5.74) is 1.23. The van der Waals surface area contributed by atoms with Gasteiger partial charge in [-0.1, -0.05) is 30.3 Å². The molecular weight excluding hydrogens is 150 g/mol. The Morgan fingerprint density at radius 1 is 1.33 bits per heavy atom. The third kappa shape index (κ3) is 2.32. The second-order valence-electron chi connectivity index (χ2n) is 2.76. The van der Waals surface area contributed by atoms with Crippen LogP contribution in [0.3, 0.4) is 0 Å². The second kappa shape index (κ2) is 4.91. The van der Waals surface area contributed by atoms with Gasteiger partial charge in [0.1, 0.15) is 0 Å². The van der Waals surface area contributed by atoms with E-state index in [0.717, 1.165) is 6.42 Å². The Kier molecular flexibility index (Phi) is 3.77. The first-order chi connectivity index (χ1) is 5.88. The first kappa shape index (κ1) is 9.23. The van der Waals surface area contributed by atoms with Crippen molar-refractivity contribution in [3.63, 3.8) is 0 Å². The fourth-order valence-corrected chi connectivity index (χ4v) is 1.29. The Morgan fingerprint density at radius 2 is 2.00 bits per heavy atom. The highest BCUT2D eigenvalue weighted by atomic mass is 16.3. The minimum Gasteiger partial charge on any atom is -0.396 e. The molecule has 12 heavy (non-hydrogen) atoms. The van der Waals surface area contributed by atoms with Crippen LogP contribution in [-0.4, -0.2) is 18.8 Å². The molecule has 0 saturated heterocycles. The first-order valence-electron chi connectivity index (χ1n) is 4.21. The molecule has 0 spiro atoms. The summed E-state index contributed by atoms with van der Waals surface area (Å²) in [5.74, 6) is 0. The Bertz CT molecular complexity index is 210. The average molecular weight is 165 g/mol. The van der Waals surface area contributed by atoms with Crippen molar-refractivity contribution in [1.29, 1.82) is 0 Å². The van der Waals surface area contributed by atoms with Gasteiger partial charge in [0.25, 0.3) is 0 Å². The van der Waals surface area contributed by atoms with E-state index in [-0.39, 0.29) is 12.6 Å². The van der Waals surface area contributed by atoms with Crippen molar-refractivity contribution in [3.8, 4) is 0 Å². The molecule has 0 aromatic heterocycles. The van der Waals surface area contributed by atoms with E-state index < -0.39 is 0 Å². The van der Waals surface area contributed by atoms with Gasteiger partial charge in [0.15, 0.2) is 0 Å². The van der Waals surface area contributed by atoms with Crippen molar-refractivity contribution in [3.05, 3.63) is 35.9 Å². The Labute approximate surface area is 73.2 Å². The van der Waals surface area contributed by atoms with Crippen LogP contribution in [0, 0.1) is 0 Å². The number of benzene rings is 1. The highest BCUT2D eigenvalue weighted by Crippen LogP contribution is 2.14. The fourth-order valence-electron chi connectivity index (χ4n) is 1.29. The van der Waals surface area contributed by atoms with Gasteiger partial charge >= 0.3 is 0 Å². The van der Waals surface area contributed by atoms with Crippen LogP contribution in [0.1, 0.15) is 18.0 Å². The highest BCUT2D eigenvalue weighted by molar-refractivity contribution is 5.18. The minimum atomic E-state index is 0.223. The summed E-state index contributed by atoms with van der Waals surface area (Å²) in [4.78, 5) is 0. The molecule has 1 aromatic carbocycles. The third-order valence-corrected chi connectivity index (χ3v) is 1.97. The summed E-state index contributed by atoms with van der Waals surface area (Å²) in [7, 11) is 1.91. The second-order valence-corrected chi connectivity index (χ2v) is 2.76. The van der Waals surface area contributed by atoms with E-state index >= 15 is 0 Å². The van der Waals surface area contributed by atoms with Gasteiger partial charge in [-0.3, -0.25) is 0 Å². The lowest BCUT2D eigenvalue weighted by Crippen LogP contribution is -2.17. The summed E-state index contributed by atoms with van der Waals surface area (Å²) >= 11 is 0. The molecule has 0 aliphatic rings. The van der Waals surface area contributed by atoms with Gasteiger partial charge in [-0.15, -0.1) is 0 Å². The SMILES string of the molecule is CN[C@H](CCO)c1ccccc1. The lowest BCUT2D eigenvalue weighted by molar-refractivity contribution is 0.269. The predicted molar refractivity (Wildman–Crippen MR) is 49.9 cm³/mol. The van der Waals surface area contributed by atoms with Crippen LogP contribution >= 0.6 is 0 Å². The van der Waals surface area contributed by atoms with Crippen LogP contribution < -0.4 is 5.32 Å². The molecule has 0 bridgehead atoms. The van der Waals surface area contributed by atoms with Gasteiger partial charge in [-0.2, -0.15) is 0 Å². The van der Waals surface area contributed by atoms with E-state index in [9.17, 15) is 0 Å². The van der Waals surface area contributed by atoms with Crippen molar-refractivity contribution >= 4 is 0 Å². The lowest BCUT2D eigenvalue weighted by atomic mass is 10.0. The van der Waals surface area contributed by atoms with E-state index in [1.807, 2.05) is 25.2 Å². The normalized spacial score (nSPS) is 12.8. The Morgan fingerprint density at radius 3 is 2.50 bits per heavy atom. The maximum atomic E-state index is 8.79. The van der Waals surface area contributed by atoms with Gasteiger partial charge in [-0.25, -0.2) is 0 Å². The fraction of sp³-hybridized carbons (Fsp3) is 0.400. The lowest BCUT2D eigenvalue weighted by Gasteiger charge is -2.14. The van der Waals surface area contributed by atoms with Crippen LogP contribution in [0.25, 0.3) is 0 Å². The molecule has 2 nitrogen and oxygen atoms in total. The summed E-state index contributed by atoms with van der Waals surface area (Å²) in [6, 6.07) is 10.4. The summed E-state index contributed by atoms with van der Waals surface area (Å²) in [6.07, 6.45) is 0.764. The minimum absolute atomic E-state index is 0.223. The molecule has 0 aliphatic carbocycles. The van der Waals surface area contributed by atoms with Crippen molar-refractivity contribution in [2.75, 3.05) is 13.7 Å². The summed E-state index contributed by atoms with van der Waals surface area (Å²) in [6.45, 7) is 0.223. The standard InChI is InChI=1S/C10H15NO/c1-11-10(7-8-12)9-5-3-2-4-6-9/h2-6,10-12H,7-8H2,1H3/t10-/m1/s1. The number of aliphatic hydroxyl groups is 1. The number of hydrogen-bond donors (Lipinski definition) is 2. The van der Waals surface area contributed by atoms with Gasteiger partial charge in [0.05, 0.1) is 0 Å². The van der Waals surface area contributed by atoms with Crippen molar-refractivity contribution in [2.45, 2.75) is 12.5 Å². The van der Waals surface area contributed by atoms with Crippen LogP contribution in [-0.2, 0) is 0 Å². The maximum absolute atomic E-state index is 8.79. The highest BCUT2D eigenvalue weighted by Gasteiger charge is 2.05. The summed E-state index contributed by atoms with van der Waals surface area (Å²) in [5, 5.41) is 11.9. The topological polar surface area (TPSA) is 32.3 Å². The van der Waals surface area contributed by atoms with Gasteiger partial charge in [0, 0.05) is 12.6 Å². The molecule has 1 aromatic rings. The van der Waals surface area contributed by atoms with E-state index in [1.54, 1.807) is 0 Å². The largest absolute Gasteiger partial charge is 0.396 e. The van der Waals surface area contributed by atoms with Crippen LogP contribution in [0.4, 0.5) is 0 Å². The molecule has 2 heteroatoms. The van der Waals surface area contributed by atoms with Crippen molar-refractivity contribution < 1.29 is 5.11 Å². The number of hydrogen-bond acceptors (Lipinski definition) is 2. The molecule has 0 saturated carbocycles. The van der Waals surface area contributed by atoms with Crippen molar-refractivity contribution in [1.82, 2.24) is 5.32 Å². The quantitative estimate of drug-likeness (QED) is 0.705. The van der Waals surface area contributed by atoms with E-state index in [0.29, 0.717) is 0 Å². The molecule has 0 fully saturated rings. The zero-order valence-corrected chi connectivity index (χ0v) is 7.33. The molecule has 66 valence electrons. The molecule has 0 amide bonds. The average Bonchev–Trinajstić information content (AvgIpc) is 2.15. The molecule has 1 rings (SSSR count). The number of nitrogens with one attached hydrogen (secondary N) is 1. The van der Waals surface area contributed by atoms with Crippen LogP contribution in [0.2, 0.25) is 0 Å². The van der Waals surface area contributed by atoms with E-state index in [4.69, 9.17) is 5.11 Å². The molecule has 0 heterocycles. The first-order valence-corrected chi connectivity index (χ1v) is 4.21. The van der Waals surface area contributed by atoms with Crippen LogP contribution in [0.5, 0.6) is 0 Å². The van der Waals surface area contributed by atoms with Crippen LogP contribution in [0.15, 0.2) is 30.3 Å². The molecule has 2 N–H and O–H groups in total. The third-order valence-electron chi connectivity index (χ3n) is 1.97. The van der Waals surface area contributed by atoms with Gasteiger partial charge < -0.3 is 10.4 Å². The maximum Gasteiger partial charge on any atom is 0.0449 e. The Balaban J connectivity index is 2.66. The zero-order chi connectivity index (χ0) is 8.81. The zero-order valence-electron chi connectivity index (χ0n) is 7.33. The van der Waals surface area contributed by atoms with E-state index in [2.05, 4.69) is 17.4 Å². The van der Waals surface area contributed by atoms with Gasteiger partial charge in [-0.05, 0) is 19.0 Å². The summed E-state index contributed by atoms with van der Waals surface area (Å²) < 4.78 is 0. The molecule has 0 unspecified atom stereocenters. The van der Waals surface area contributed by atoms with Crippen molar-refractivity contribution in [2.24, 2.45) is 0 Å². The number of aliphatic hydroxyl groups excluding tert-OH is 1. The molecule has 1 atom stereocenters. The molecule has 0 aliphatic heterocycles. The van der Waals surface area contributed by atoms with E-state index in [1.165, 1.54) is 5.56 Å². The molecule has 0 radical (unpaired) electrons. The number of rotatable bonds is 4. The monoisotopic (exact) mass is 165 g/mol. The Hall–Kier alpha value is -0.860. The van der Waals surface area contributed by atoms with Gasteiger partial charge in [0.2, 0.25) is 0 Å². The smallest absolute Gasteiger partial charge is 0.0449 e. The molecular formula is C10H15NO.